The summed E-state index contributed by atoms with van der Waals surface area (Å²) < 4.78 is 45.3. The standard InChI is InChI=1S/C18H16F3N5O/c1-12-3-6-14(7-4-12)26-17(23-24-25-26)9-10-22-15-11-13(18(19,20)21)5-8-16(15)27-2/h3-11,22H,1-2H3. The summed E-state index contributed by atoms with van der Waals surface area (Å²) in [6.45, 7) is 1.97. The topological polar surface area (TPSA) is 64.9 Å². The van der Waals surface area contributed by atoms with Crippen LogP contribution < -0.4 is 10.1 Å². The third-order valence-electron chi connectivity index (χ3n) is 3.77. The lowest BCUT2D eigenvalue weighted by molar-refractivity contribution is -0.137. The highest BCUT2D eigenvalue weighted by Gasteiger charge is 2.31. The van der Waals surface area contributed by atoms with Gasteiger partial charge in [0.25, 0.3) is 0 Å². The lowest BCUT2D eigenvalue weighted by atomic mass is 10.2. The molecule has 6 nitrogen and oxygen atoms in total. The van der Waals surface area contributed by atoms with Crippen molar-refractivity contribution in [3.05, 3.63) is 65.6 Å². The molecule has 0 saturated heterocycles. The highest BCUT2D eigenvalue weighted by Crippen LogP contribution is 2.34. The van der Waals surface area contributed by atoms with Gasteiger partial charge in [0.1, 0.15) is 5.75 Å². The van der Waals surface area contributed by atoms with Crippen molar-refractivity contribution < 1.29 is 17.9 Å². The molecule has 0 aliphatic rings. The molecule has 9 heteroatoms. The number of nitrogens with zero attached hydrogens (tertiary/aromatic N) is 4. The second-order valence-corrected chi connectivity index (χ2v) is 5.67. The van der Waals surface area contributed by atoms with Gasteiger partial charge in [0.05, 0.1) is 24.0 Å². The molecule has 0 atom stereocenters. The number of hydrogen-bond donors (Lipinski definition) is 1. The molecule has 1 N–H and O–H groups in total. The Morgan fingerprint density at radius 2 is 1.85 bits per heavy atom. The van der Waals surface area contributed by atoms with Crippen molar-refractivity contribution >= 4 is 11.8 Å². The maximum Gasteiger partial charge on any atom is 0.416 e. The van der Waals surface area contributed by atoms with E-state index in [1.54, 1.807) is 6.08 Å². The number of hydrogen-bond acceptors (Lipinski definition) is 5. The van der Waals surface area contributed by atoms with E-state index in [1.807, 2.05) is 31.2 Å². The lowest BCUT2D eigenvalue weighted by Gasteiger charge is -2.12. The average Bonchev–Trinajstić information content (AvgIpc) is 3.10. The number of nitrogens with one attached hydrogen (secondary N) is 1. The van der Waals surface area contributed by atoms with Crippen molar-refractivity contribution in [3.8, 4) is 11.4 Å². The highest BCUT2D eigenvalue weighted by atomic mass is 19.4. The summed E-state index contributed by atoms with van der Waals surface area (Å²) in [5.41, 5.74) is 1.27. The van der Waals surface area contributed by atoms with Crippen LogP contribution in [0.25, 0.3) is 11.8 Å². The van der Waals surface area contributed by atoms with E-state index in [9.17, 15) is 13.2 Å². The maximum absolute atomic E-state index is 12.9. The Morgan fingerprint density at radius 3 is 2.52 bits per heavy atom. The molecule has 3 aromatic rings. The van der Waals surface area contributed by atoms with Gasteiger partial charge in [0, 0.05) is 12.3 Å². The van der Waals surface area contributed by atoms with Crippen LogP contribution in [0.2, 0.25) is 0 Å². The average molecular weight is 375 g/mol. The number of aryl methyl sites for hydroxylation is 1. The monoisotopic (exact) mass is 375 g/mol. The first-order valence-electron chi connectivity index (χ1n) is 7.92. The van der Waals surface area contributed by atoms with Crippen LogP contribution in [0.1, 0.15) is 17.0 Å². The molecule has 0 amide bonds. The Bertz CT molecular complexity index is 948. The molecular weight excluding hydrogens is 359 g/mol. The molecule has 0 radical (unpaired) electrons. The summed E-state index contributed by atoms with van der Waals surface area (Å²) in [7, 11) is 1.38. The van der Waals surface area contributed by atoms with E-state index in [1.165, 1.54) is 24.1 Å². The fourth-order valence-electron chi connectivity index (χ4n) is 2.37. The fraction of sp³-hybridized carbons (Fsp3) is 0.167. The van der Waals surface area contributed by atoms with Crippen LogP contribution in [0.4, 0.5) is 18.9 Å². The van der Waals surface area contributed by atoms with Gasteiger partial charge >= 0.3 is 6.18 Å². The molecule has 27 heavy (non-hydrogen) atoms. The zero-order chi connectivity index (χ0) is 19.4. The van der Waals surface area contributed by atoms with Gasteiger partial charge < -0.3 is 10.1 Å². The van der Waals surface area contributed by atoms with Gasteiger partial charge in [-0.1, -0.05) is 17.7 Å². The zero-order valence-corrected chi connectivity index (χ0v) is 14.5. The van der Waals surface area contributed by atoms with E-state index in [0.29, 0.717) is 5.82 Å². The molecule has 0 saturated carbocycles. The number of alkyl halides is 3. The number of halogens is 3. The zero-order valence-electron chi connectivity index (χ0n) is 14.5. The van der Waals surface area contributed by atoms with Gasteiger partial charge in [0.2, 0.25) is 0 Å². The van der Waals surface area contributed by atoms with Crippen molar-refractivity contribution in [1.82, 2.24) is 20.2 Å². The number of aromatic nitrogens is 4. The first kappa shape index (κ1) is 18.4. The number of ether oxygens (including phenoxy) is 1. The molecule has 0 aliphatic heterocycles. The number of benzene rings is 2. The van der Waals surface area contributed by atoms with Gasteiger partial charge in [-0.15, -0.1) is 5.10 Å². The van der Waals surface area contributed by atoms with Crippen molar-refractivity contribution in [3.63, 3.8) is 0 Å². The number of rotatable bonds is 5. The Morgan fingerprint density at radius 1 is 1.11 bits per heavy atom. The minimum absolute atomic E-state index is 0.179. The molecule has 1 heterocycles. The first-order valence-corrected chi connectivity index (χ1v) is 7.92. The minimum Gasteiger partial charge on any atom is -0.495 e. The fourth-order valence-corrected chi connectivity index (χ4v) is 2.37. The summed E-state index contributed by atoms with van der Waals surface area (Å²) in [5.74, 6) is 0.697. The van der Waals surface area contributed by atoms with E-state index < -0.39 is 11.7 Å². The van der Waals surface area contributed by atoms with E-state index >= 15 is 0 Å². The molecule has 0 unspecified atom stereocenters. The highest BCUT2D eigenvalue weighted by molar-refractivity contribution is 5.62. The largest absolute Gasteiger partial charge is 0.495 e. The summed E-state index contributed by atoms with van der Waals surface area (Å²) in [6.07, 6.45) is -1.43. The normalized spacial score (nSPS) is 11.7. The Hall–Kier alpha value is -3.36. The van der Waals surface area contributed by atoms with E-state index in [0.717, 1.165) is 23.4 Å². The van der Waals surface area contributed by atoms with Gasteiger partial charge in [-0.3, -0.25) is 0 Å². The molecule has 3 rings (SSSR count). The van der Waals surface area contributed by atoms with Crippen molar-refractivity contribution in [2.75, 3.05) is 12.4 Å². The second-order valence-electron chi connectivity index (χ2n) is 5.67. The predicted molar refractivity (Wildman–Crippen MR) is 94.5 cm³/mol. The summed E-state index contributed by atoms with van der Waals surface area (Å²) in [4.78, 5) is 0. The quantitative estimate of drug-likeness (QED) is 0.728. The molecule has 0 spiro atoms. The summed E-state index contributed by atoms with van der Waals surface area (Å²) >= 11 is 0. The maximum atomic E-state index is 12.9. The number of anilines is 1. The van der Waals surface area contributed by atoms with Crippen LogP contribution in [0.15, 0.2) is 48.7 Å². The molecule has 2 aromatic carbocycles. The summed E-state index contributed by atoms with van der Waals surface area (Å²) in [6, 6.07) is 10.8. The Labute approximate surface area is 153 Å². The van der Waals surface area contributed by atoms with Crippen molar-refractivity contribution in [1.29, 1.82) is 0 Å². The van der Waals surface area contributed by atoms with Gasteiger partial charge in [-0.2, -0.15) is 17.9 Å². The van der Waals surface area contributed by atoms with Crippen LogP contribution in [-0.4, -0.2) is 27.3 Å². The van der Waals surface area contributed by atoms with Gasteiger partial charge in [-0.05, 0) is 47.7 Å². The molecule has 0 aliphatic carbocycles. The predicted octanol–water partition coefficient (Wildman–Crippen LogP) is 4.08. The molecule has 0 bridgehead atoms. The molecule has 1 aromatic heterocycles. The van der Waals surface area contributed by atoms with Crippen LogP contribution in [0.3, 0.4) is 0 Å². The van der Waals surface area contributed by atoms with Crippen molar-refractivity contribution in [2.45, 2.75) is 13.1 Å². The SMILES string of the molecule is COc1ccc(C(F)(F)F)cc1NC=Cc1nnnn1-c1ccc(C)cc1. The Kier molecular flexibility index (Phi) is 5.11. The second kappa shape index (κ2) is 7.48. The molecule has 140 valence electrons. The van der Waals surface area contributed by atoms with Crippen LogP contribution >= 0.6 is 0 Å². The van der Waals surface area contributed by atoms with Crippen LogP contribution in [-0.2, 0) is 6.18 Å². The molecular formula is C18H16F3N5O. The molecule has 0 fully saturated rings. The van der Waals surface area contributed by atoms with E-state index in [4.69, 9.17) is 4.74 Å². The third-order valence-corrected chi connectivity index (χ3v) is 3.77. The Balaban J connectivity index is 1.83. The van der Waals surface area contributed by atoms with Crippen LogP contribution in [0.5, 0.6) is 5.75 Å². The van der Waals surface area contributed by atoms with Gasteiger partial charge in [0.15, 0.2) is 5.82 Å². The smallest absolute Gasteiger partial charge is 0.416 e. The first-order chi connectivity index (χ1) is 12.9. The minimum atomic E-state index is -4.44. The third kappa shape index (κ3) is 4.25. The van der Waals surface area contributed by atoms with Crippen LogP contribution in [0, 0.1) is 6.92 Å². The van der Waals surface area contributed by atoms with Crippen molar-refractivity contribution in [2.24, 2.45) is 0 Å². The van der Waals surface area contributed by atoms with E-state index in [-0.39, 0.29) is 11.4 Å². The summed E-state index contributed by atoms with van der Waals surface area (Å²) in [5, 5.41) is 14.3. The number of tetrazole rings is 1. The van der Waals surface area contributed by atoms with Gasteiger partial charge in [-0.25, -0.2) is 0 Å². The number of methoxy groups -OCH3 is 1. The lowest BCUT2D eigenvalue weighted by Crippen LogP contribution is -2.06. The van der Waals surface area contributed by atoms with E-state index in [2.05, 4.69) is 20.8 Å².